The van der Waals surface area contributed by atoms with Crippen LogP contribution in [0.2, 0.25) is 5.15 Å². The van der Waals surface area contributed by atoms with Crippen molar-refractivity contribution in [1.82, 2.24) is 9.55 Å². The number of pyridine rings is 2. The molecule has 0 aliphatic carbocycles. The normalized spacial score (nSPS) is 24.8. The van der Waals surface area contributed by atoms with Gasteiger partial charge in [0.05, 0.1) is 11.2 Å². The molecule has 2 aliphatic heterocycles. The monoisotopic (exact) mass is 451 g/mol. The molecule has 2 atom stereocenters. The first kappa shape index (κ1) is 20.8. The van der Waals surface area contributed by atoms with E-state index in [9.17, 15) is 14.4 Å². The number of aryl methyl sites for hydroxylation is 1. The Morgan fingerprint density at radius 3 is 2.22 bits per heavy atom. The quantitative estimate of drug-likeness (QED) is 0.552. The zero-order valence-corrected chi connectivity index (χ0v) is 18.9. The van der Waals surface area contributed by atoms with Crippen LogP contribution in [0.4, 0.5) is 15.8 Å². The van der Waals surface area contributed by atoms with E-state index in [1.165, 1.54) is 16.7 Å². The van der Waals surface area contributed by atoms with Gasteiger partial charge in [0, 0.05) is 49.7 Å². The summed E-state index contributed by atoms with van der Waals surface area (Å²) in [5, 5.41) is 10.2. The molecule has 2 unspecified atom stereocenters. The predicted molar refractivity (Wildman–Crippen MR) is 124 cm³/mol. The van der Waals surface area contributed by atoms with Crippen molar-refractivity contribution in [2.75, 3.05) is 36.0 Å². The van der Waals surface area contributed by atoms with Gasteiger partial charge in [-0.2, -0.15) is 5.26 Å². The molecular weight excluding hydrogens is 429 g/mol. The number of nitriles is 1. The lowest BCUT2D eigenvalue weighted by Crippen LogP contribution is -2.34. The van der Waals surface area contributed by atoms with Crippen molar-refractivity contribution in [2.24, 2.45) is 17.9 Å². The van der Waals surface area contributed by atoms with Crippen LogP contribution in [0, 0.1) is 28.0 Å². The molecule has 0 saturated carbocycles. The Morgan fingerprint density at radius 1 is 1.03 bits per heavy atom. The van der Waals surface area contributed by atoms with Gasteiger partial charge in [0.25, 0.3) is 5.56 Å². The van der Waals surface area contributed by atoms with Crippen LogP contribution in [0.15, 0.2) is 41.2 Å². The van der Waals surface area contributed by atoms with Crippen molar-refractivity contribution in [1.29, 1.82) is 5.26 Å². The fourth-order valence-corrected chi connectivity index (χ4v) is 5.58. The lowest BCUT2D eigenvalue weighted by molar-refractivity contribution is 0.212. The van der Waals surface area contributed by atoms with Crippen molar-refractivity contribution in [3.8, 4) is 6.07 Å². The fourth-order valence-electron chi connectivity index (χ4n) is 5.43. The lowest BCUT2D eigenvalue weighted by atomic mass is 9.71. The molecule has 3 aromatic rings. The summed E-state index contributed by atoms with van der Waals surface area (Å²) < 4.78 is 14.8. The molecule has 32 heavy (non-hydrogen) atoms. The summed E-state index contributed by atoms with van der Waals surface area (Å²) in [5.74, 6) is -0.246. The Labute approximate surface area is 190 Å². The third-order valence-electron chi connectivity index (χ3n) is 7.42. The zero-order chi connectivity index (χ0) is 22.8. The Bertz CT molecular complexity index is 1330. The molecule has 2 saturated heterocycles. The van der Waals surface area contributed by atoms with Crippen LogP contribution < -0.4 is 15.4 Å². The largest absolute Gasteiger partial charge is 0.370 e. The van der Waals surface area contributed by atoms with Crippen LogP contribution in [0.25, 0.3) is 11.0 Å². The third-order valence-corrected chi connectivity index (χ3v) is 7.63. The van der Waals surface area contributed by atoms with E-state index in [4.69, 9.17) is 11.6 Å². The lowest BCUT2D eigenvalue weighted by Gasteiger charge is -2.30. The molecule has 5 rings (SSSR count). The van der Waals surface area contributed by atoms with Crippen molar-refractivity contribution in [2.45, 2.75) is 13.8 Å². The topological polar surface area (TPSA) is 65.2 Å². The number of anilines is 2. The maximum absolute atomic E-state index is 13.4. The molecule has 2 aromatic heterocycles. The minimum atomic E-state index is -0.334. The smallest absolute Gasteiger partial charge is 0.270 e. The molecule has 4 heterocycles. The highest BCUT2D eigenvalue weighted by atomic mass is 35.5. The second-order valence-corrected chi connectivity index (χ2v) is 9.90. The Kier molecular flexibility index (Phi) is 4.51. The summed E-state index contributed by atoms with van der Waals surface area (Å²) in [6.07, 6.45) is 0. The number of benzene rings is 1. The maximum atomic E-state index is 13.4. The summed E-state index contributed by atoms with van der Waals surface area (Å²) in [6, 6.07) is 12.1. The first-order valence-corrected chi connectivity index (χ1v) is 10.9. The van der Waals surface area contributed by atoms with Gasteiger partial charge in [0.15, 0.2) is 0 Å². The minimum absolute atomic E-state index is 0.0948. The van der Waals surface area contributed by atoms with Gasteiger partial charge >= 0.3 is 0 Å². The number of hydrogen-bond donors (Lipinski definition) is 0. The number of hydrogen-bond acceptors (Lipinski definition) is 5. The Morgan fingerprint density at radius 2 is 1.62 bits per heavy atom. The molecule has 0 amide bonds. The maximum Gasteiger partial charge on any atom is 0.270 e. The SMILES string of the molecule is Cn1c(=O)c(C#N)c(N2CC3(C)CN(c4ccc(F)cc4)CC3(C)C2)c2nc(Cl)ccc21. The molecule has 1 aromatic carbocycles. The number of aromatic nitrogens is 2. The molecule has 164 valence electrons. The van der Waals surface area contributed by atoms with E-state index in [0.29, 0.717) is 35.0 Å². The van der Waals surface area contributed by atoms with E-state index in [2.05, 4.69) is 34.7 Å². The molecule has 0 bridgehead atoms. The van der Waals surface area contributed by atoms with E-state index >= 15 is 0 Å². The van der Waals surface area contributed by atoms with Crippen LogP contribution in [0.1, 0.15) is 19.4 Å². The van der Waals surface area contributed by atoms with Crippen molar-refractivity contribution in [3.05, 3.63) is 63.3 Å². The van der Waals surface area contributed by atoms with Crippen molar-refractivity contribution in [3.63, 3.8) is 0 Å². The molecule has 0 spiro atoms. The summed E-state index contributed by atoms with van der Waals surface area (Å²) in [6.45, 7) is 7.42. The summed E-state index contributed by atoms with van der Waals surface area (Å²) in [5.41, 5.74) is 2.35. The average molecular weight is 452 g/mol. The van der Waals surface area contributed by atoms with Crippen LogP contribution in [-0.2, 0) is 7.05 Å². The number of fused-ring (bicyclic) bond motifs is 2. The van der Waals surface area contributed by atoms with Gasteiger partial charge in [-0.1, -0.05) is 25.4 Å². The highest BCUT2D eigenvalue weighted by Gasteiger charge is 2.58. The van der Waals surface area contributed by atoms with Gasteiger partial charge in [0.2, 0.25) is 0 Å². The zero-order valence-electron chi connectivity index (χ0n) is 18.2. The van der Waals surface area contributed by atoms with Gasteiger partial charge < -0.3 is 14.4 Å². The van der Waals surface area contributed by atoms with E-state index in [0.717, 1.165) is 18.8 Å². The summed E-state index contributed by atoms with van der Waals surface area (Å²) in [4.78, 5) is 21.9. The van der Waals surface area contributed by atoms with Gasteiger partial charge in [-0.15, -0.1) is 0 Å². The highest BCUT2D eigenvalue weighted by molar-refractivity contribution is 6.29. The second kappa shape index (κ2) is 6.94. The van der Waals surface area contributed by atoms with E-state index in [1.54, 1.807) is 19.2 Å². The van der Waals surface area contributed by atoms with Crippen LogP contribution in [0.3, 0.4) is 0 Å². The standard InChI is InChI=1S/C24H23ClFN5O/c1-23-11-30(16-6-4-15(26)5-7-16)12-24(23,2)14-31(13-23)21-17(10-27)22(32)29(3)18-8-9-19(25)28-20(18)21/h4-9H,11-14H2,1-3H3. The van der Waals surface area contributed by atoms with Crippen molar-refractivity contribution >= 4 is 34.0 Å². The average Bonchev–Trinajstić information content (AvgIpc) is 3.14. The Hall–Kier alpha value is -3.11. The molecule has 0 radical (unpaired) electrons. The van der Waals surface area contributed by atoms with Gasteiger partial charge in [-0.05, 0) is 36.4 Å². The molecule has 2 fully saturated rings. The van der Waals surface area contributed by atoms with Gasteiger partial charge in [0.1, 0.15) is 28.1 Å². The first-order chi connectivity index (χ1) is 15.2. The van der Waals surface area contributed by atoms with Gasteiger partial charge in [-0.25, -0.2) is 9.37 Å². The number of rotatable bonds is 2. The van der Waals surface area contributed by atoms with E-state index in [-0.39, 0.29) is 27.8 Å². The van der Waals surface area contributed by atoms with E-state index < -0.39 is 0 Å². The van der Waals surface area contributed by atoms with Crippen LogP contribution >= 0.6 is 11.6 Å². The molecule has 0 N–H and O–H groups in total. The predicted octanol–water partition coefficient (Wildman–Crippen LogP) is 3.95. The fraction of sp³-hybridized carbons (Fsp3) is 0.375. The van der Waals surface area contributed by atoms with Crippen LogP contribution in [-0.4, -0.2) is 35.7 Å². The summed E-state index contributed by atoms with van der Waals surface area (Å²) in [7, 11) is 1.65. The first-order valence-electron chi connectivity index (χ1n) is 10.5. The molecule has 6 nitrogen and oxygen atoms in total. The minimum Gasteiger partial charge on any atom is -0.370 e. The van der Waals surface area contributed by atoms with Crippen molar-refractivity contribution < 1.29 is 4.39 Å². The Balaban J connectivity index is 1.58. The van der Waals surface area contributed by atoms with Crippen LogP contribution in [0.5, 0.6) is 0 Å². The highest BCUT2D eigenvalue weighted by Crippen LogP contribution is 2.54. The summed E-state index contributed by atoms with van der Waals surface area (Å²) >= 11 is 6.20. The molecular formula is C24H23ClFN5O. The van der Waals surface area contributed by atoms with E-state index in [1.807, 2.05) is 12.1 Å². The van der Waals surface area contributed by atoms with Gasteiger partial charge in [-0.3, -0.25) is 4.79 Å². The number of nitrogens with zero attached hydrogens (tertiary/aromatic N) is 5. The number of halogens is 2. The molecule has 8 heteroatoms. The molecule has 2 aliphatic rings. The third kappa shape index (κ3) is 2.90. The second-order valence-electron chi connectivity index (χ2n) is 9.51.